The SMILES string of the molecule is CN(C)S(=O)(=O)N1CC[C@@H](c2ncn3ccsc23)C1. The van der Waals surface area contributed by atoms with Crippen LogP contribution in [0.4, 0.5) is 0 Å². The quantitative estimate of drug-likeness (QED) is 0.849. The molecule has 0 N–H and O–H groups in total. The first kappa shape index (κ1) is 13.0. The summed E-state index contributed by atoms with van der Waals surface area (Å²) < 4.78 is 29.0. The second-order valence-corrected chi connectivity index (χ2v) is 7.92. The van der Waals surface area contributed by atoms with Crippen LogP contribution in [-0.2, 0) is 10.2 Å². The van der Waals surface area contributed by atoms with Crippen molar-refractivity contribution in [1.29, 1.82) is 0 Å². The molecule has 0 bridgehead atoms. The van der Waals surface area contributed by atoms with Crippen LogP contribution in [0.25, 0.3) is 4.83 Å². The first-order chi connectivity index (χ1) is 9.00. The lowest BCUT2D eigenvalue weighted by atomic mass is 10.1. The van der Waals surface area contributed by atoms with Crippen LogP contribution in [-0.4, -0.2) is 53.6 Å². The van der Waals surface area contributed by atoms with E-state index in [-0.39, 0.29) is 5.92 Å². The zero-order valence-corrected chi connectivity index (χ0v) is 12.5. The van der Waals surface area contributed by atoms with Crippen LogP contribution in [0.3, 0.4) is 0 Å². The fourth-order valence-corrected chi connectivity index (χ4v) is 4.48. The molecule has 8 heteroatoms. The van der Waals surface area contributed by atoms with Crippen molar-refractivity contribution in [3.05, 3.63) is 23.6 Å². The van der Waals surface area contributed by atoms with Crippen molar-refractivity contribution in [2.24, 2.45) is 0 Å². The maximum Gasteiger partial charge on any atom is 0.281 e. The molecule has 0 aliphatic carbocycles. The first-order valence-corrected chi connectivity index (χ1v) is 8.35. The predicted molar refractivity (Wildman–Crippen MR) is 74.6 cm³/mol. The highest BCUT2D eigenvalue weighted by atomic mass is 32.2. The molecule has 2 aromatic heterocycles. The molecule has 1 fully saturated rings. The van der Waals surface area contributed by atoms with Gasteiger partial charge in [-0.1, -0.05) is 0 Å². The highest BCUT2D eigenvalue weighted by molar-refractivity contribution is 7.86. The normalized spacial score (nSPS) is 21.7. The van der Waals surface area contributed by atoms with Gasteiger partial charge in [-0.2, -0.15) is 17.0 Å². The molecule has 1 atom stereocenters. The van der Waals surface area contributed by atoms with Gasteiger partial charge in [0.2, 0.25) is 0 Å². The van der Waals surface area contributed by atoms with Crippen molar-refractivity contribution in [2.45, 2.75) is 12.3 Å². The van der Waals surface area contributed by atoms with Crippen LogP contribution in [0.5, 0.6) is 0 Å². The summed E-state index contributed by atoms with van der Waals surface area (Å²) in [4.78, 5) is 5.56. The summed E-state index contributed by atoms with van der Waals surface area (Å²) in [5.74, 6) is 0.193. The Hall–Kier alpha value is -0.960. The highest BCUT2D eigenvalue weighted by Crippen LogP contribution is 2.32. The topological polar surface area (TPSA) is 57.9 Å². The zero-order valence-electron chi connectivity index (χ0n) is 10.9. The summed E-state index contributed by atoms with van der Waals surface area (Å²) in [6.45, 7) is 1.08. The Morgan fingerprint density at radius 3 is 3.00 bits per heavy atom. The van der Waals surface area contributed by atoms with E-state index in [1.165, 1.54) is 8.61 Å². The average Bonchev–Trinajstić information content (AvgIpc) is 3.04. The Bertz CT molecular complexity index is 688. The van der Waals surface area contributed by atoms with Crippen molar-refractivity contribution >= 4 is 26.4 Å². The van der Waals surface area contributed by atoms with Gasteiger partial charge in [-0.15, -0.1) is 11.3 Å². The summed E-state index contributed by atoms with van der Waals surface area (Å²) in [5.41, 5.74) is 1.02. The van der Waals surface area contributed by atoms with E-state index in [4.69, 9.17) is 0 Å². The molecule has 0 saturated carbocycles. The molecular weight excluding hydrogens is 284 g/mol. The van der Waals surface area contributed by atoms with Crippen molar-refractivity contribution in [1.82, 2.24) is 18.0 Å². The van der Waals surface area contributed by atoms with E-state index in [1.807, 2.05) is 16.0 Å². The molecular formula is C11H16N4O2S2. The lowest BCUT2D eigenvalue weighted by Gasteiger charge is -2.20. The van der Waals surface area contributed by atoms with Crippen LogP contribution in [0.2, 0.25) is 0 Å². The number of hydrogen-bond acceptors (Lipinski definition) is 4. The third kappa shape index (κ3) is 2.08. The Kier molecular flexibility index (Phi) is 3.12. The molecule has 3 heterocycles. The number of thiazole rings is 1. The second-order valence-electron chi connectivity index (χ2n) is 4.88. The molecule has 19 heavy (non-hydrogen) atoms. The van der Waals surface area contributed by atoms with E-state index in [0.29, 0.717) is 13.1 Å². The van der Waals surface area contributed by atoms with Gasteiger partial charge in [-0.3, -0.25) is 4.40 Å². The Labute approximate surface area is 116 Å². The number of fused-ring (bicyclic) bond motifs is 1. The second kappa shape index (κ2) is 4.55. The molecule has 1 aliphatic rings. The van der Waals surface area contributed by atoms with E-state index < -0.39 is 10.2 Å². The number of aromatic nitrogens is 2. The van der Waals surface area contributed by atoms with E-state index in [9.17, 15) is 8.42 Å². The molecule has 104 valence electrons. The van der Waals surface area contributed by atoms with E-state index >= 15 is 0 Å². The number of nitrogens with zero attached hydrogens (tertiary/aromatic N) is 4. The minimum atomic E-state index is -3.31. The highest BCUT2D eigenvalue weighted by Gasteiger charge is 2.35. The van der Waals surface area contributed by atoms with Crippen molar-refractivity contribution in [3.63, 3.8) is 0 Å². The lowest BCUT2D eigenvalue weighted by molar-refractivity contribution is 0.418. The molecule has 6 nitrogen and oxygen atoms in total. The van der Waals surface area contributed by atoms with Crippen molar-refractivity contribution in [2.75, 3.05) is 27.2 Å². The lowest BCUT2D eigenvalue weighted by Crippen LogP contribution is -2.38. The molecule has 1 aliphatic heterocycles. The number of hydrogen-bond donors (Lipinski definition) is 0. The summed E-state index contributed by atoms with van der Waals surface area (Å²) in [5, 5.41) is 2.02. The summed E-state index contributed by atoms with van der Waals surface area (Å²) >= 11 is 1.64. The molecule has 0 amide bonds. The van der Waals surface area contributed by atoms with Crippen molar-refractivity contribution in [3.8, 4) is 0 Å². The van der Waals surface area contributed by atoms with Gasteiger partial charge in [0.15, 0.2) is 0 Å². The minimum absolute atomic E-state index is 0.193. The summed E-state index contributed by atoms with van der Waals surface area (Å²) in [7, 11) is -0.173. The van der Waals surface area contributed by atoms with Crippen LogP contribution >= 0.6 is 11.3 Å². The maximum absolute atomic E-state index is 12.1. The first-order valence-electron chi connectivity index (χ1n) is 6.08. The molecule has 3 rings (SSSR count). The third-order valence-electron chi connectivity index (χ3n) is 3.50. The fraction of sp³-hybridized carbons (Fsp3) is 0.545. The van der Waals surface area contributed by atoms with Crippen molar-refractivity contribution < 1.29 is 8.42 Å². The van der Waals surface area contributed by atoms with Gasteiger partial charge in [0.1, 0.15) is 11.2 Å². The van der Waals surface area contributed by atoms with Gasteiger partial charge in [0.05, 0.1) is 5.69 Å². The van der Waals surface area contributed by atoms with Crippen LogP contribution < -0.4 is 0 Å². The minimum Gasteiger partial charge on any atom is -0.297 e. The average molecular weight is 300 g/mol. The Morgan fingerprint density at radius 2 is 2.26 bits per heavy atom. The number of imidazole rings is 1. The van der Waals surface area contributed by atoms with E-state index in [0.717, 1.165) is 16.9 Å². The van der Waals surface area contributed by atoms with E-state index in [1.54, 1.807) is 31.8 Å². The molecule has 0 radical (unpaired) electrons. The molecule has 2 aromatic rings. The largest absolute Gasteiger partial charge is 0.297 e. The van der Waals surface area contributed by atoms with Gasteiger partial charge in [-0.25, -0.2) is 4.98 Å². The van der Waals surface area contributed by atoms with E-state index in [2.05, 4.69) is 4.98 Å². The fourth-order valence-electron chi connectivity index (χ4n) is 2.42. The number of rotatable bonds is 3. The van der Waals surface area contributed by atoms with Gasteiger partial charge in [0.25, 0.3) is 10.2 Å². The standard InChI is InChI=1S/C11H16N4O2S2/c1-13(2)19(16,17)15-4-3-9(7-15)10-11-14(8-12-10)5-6-18-11/h5-6,8-9H,3-4,7H2,1-2H3/t9-/m1/s1. The van der Waals surface area contributed by atoms with Crippen LogP contribution in [0, 0.1) is 0 Å². The Balaban J connectivity index is 1.85. The maximum atomic E-state index is 12.1. The zero-order chi connectivity index (χ0) is 13.6. The van der Waals surface area contributed by atoms with Gasteiger partial charge in [-0.05, 0) is 6.42 Å². The molecule has 0 aromatic carbocycles. The van der Waals surface area contributed by atoms with Crippen LogP contribution in [0.1, 0.15) is 18.0 Å². The monoisotopic (exact) mass is 300 g/mol. The molecule has 0 unspecified atom stereocenters. The smallest absolute Gasteiger partial charge is 0.281 e. The van der Waals surface area contributed by atoms with Crippen LogP contribution in [0.15, 0.2) is 17.9 Å². The summed E-state index contributed by atoms with van der Waals surface area (Å²) in [6, 6.07) is 0. The van der Waals surface area contributed by atoms with Gasteiger partial charge in [0, 0.05) is 44.7 Å². The van der Waals surface area contributed by atoms with Gasteiger partial charge < -0.3 is 0 Å². The predicted octanol–water partition coefficient (Wildman–Crippen LogP) is 0.992. The molecule has 0 spiro atoms. The molecule has 1 saturated heterocycles. The Morgan fingerprint density at radius 1 is 1.47 bits per heavy atom. The summed E-state index contributed by atoms with van der Waals surface area (Å²) in [6.07, 6.45) is 4.60. The third-order valence-corrected chi connectivity index (χ3v) is 6.31. The van der Waals surface area contributed by atoms with Gasteiger partial charge >= 0.3 is 0 Å².